The second kappa shape index (κ2) is 4.49. The molecule has 0 amide bonds. The standard InChI is InChI=1S/C14H13BrN4O/c1-18-12(13(20)19(2)14(18)16)5-8-7-17-11-6-9(15)3-4-10(8)11/h3-7,16,20H,1-2H3/b8-5-,16-14?. The van der Waals surface area contributed by atoms with E-state index >= 15 is 0 Å². The van der Waals surface area contributed by atoms with Gasteiger partial charge in [-0.05, 0) is 18.2 Å². The lowest BCUT2D eigenvalue weighted by molar-refractivity contribution is 0.427. The van der Waals surface area contributed by atoms with Crippen molar-refractivity contribution in [3.63, 3.8) is 0 Å². The highest BCUT2D eigenvalue weighted by molar-refractivity contribution is 9.10. The molecule has 0 fully saturated rings. The van der Waals surface area contributed by atoms with Gasteiger partial charge in [-0.1, -0.05) is 22.0 Å². The van der Waals surface area contributed by atoms with Gasteiger partial charge in [0.05, 0.1) is 5.69 Å². The average molecular weight is 333 g/mol. The molecule has 0 saturated heterocycles. The molecule has 102 valence electrons. The number of aromatic hydroxyl groups is 1. The molecule has 2 N–H and O–H groups in total. The Balaban J connectivity index is 2.16. The van der Waals surface area contributed by atoms with E-state index in [1.807, 2.05) is 24.3 Å². The van der Waals surface area contributed by atoms with Crippen molar-refractivity contribution in [2.24, 2.45) is 19.1 Å². The smallest absolute Gasteiger partial charge is 0.218 e. The lowest BCUT2D eigenvalue weighted by Crippen LogP contribution is -2.20. The van der Waals surface area contributed by atoms with Gasteiger partial charge in [0.2, 0.25) is 11.5 Å². The lowest BCUT2D eigenvalue weighted by atomic mass is 10.1. The zero-order chi connectivity index (χ0) is 14.4. The van der Waals surface area contributed by atoms with Crippen LogP contribution in [0.25, 0.3) is 11.6 Å². The molecule has 0 atom stereocenters. The largest absolute Gasteiger partial charge is 0.493 e. The molecule has 0 bridgehead atoms. The second-order valence-corrected chi connectivity index (χ2v) is 5.59. The summed E-state index contributed by atoms with van der Waals surface area (Å²) in [5, 5.41) is 17.9. The maximum absolute atomic E-state index is 10.1. The van der Waals surface area contributed by atoms with Gasteiger partial charge in [-0.25, -0.2) is 0 Å². The number of hydrogen-bond acceptors (Lipinski definition) is 3. The fraction of sp³-hybridized carbons (Fsp3) is 0.143. The van der Waals surface area contributed by atoms with E-state index < -0.39 is 0 Å². The average Bonchev–Trinajstić information content (AvgIpc) is 2.90. The number of nitrogens with one attached hydrogen (secondary N) is 1. The number of fused-ring (bicyclic) bond motifs is 1. The quantitative estimate of drug-likeness (QED) is 0.828. The monoisotopic (exact) mass is 332 g/mol. The van der Waals surface area contributed by atoms with Gasteiger partial charge in [0, 0.05) is 35.9 Å². The van der Waals surface area contributed by atoms with Gasteiger partial charge in [-0.15, -0.1) is 0 Å². The van der Waals surface area contributed by atoms with Crippen LogP contribution in [0.4, 0.5) is 5.69 Å². The van der Waals surface area contributed by atoms with E-state index in [-0.39, 0.29) is 11.5 Å². The van der Waals surface area contributed by atoms with E-state index in [1.165, 1.54) is 4.57 Å². The summed E-state index contributed by atoms with van der Waals surface area (Å²) in [5.41, 5.74) is 3.66. The Hall–Kier alpha value is -2.08. The first-order valence-corrected chi connectivity index (χ1v) is 6.83. The molecule has 20 heavy (non-hydrogen) atoms. The van der Waals surface area contributed by atoms with Crippen LogP contribution in [0.3, 0.4) is 0 Å². The Morgan fingerprint density at radius 2 is 2.05 bits per heavy atom. The maximum atomic E-state index is 10.1. The van der Waals surface area contributed by atoms with Crippen LogP contribution in [0.2, 0.25) is 0 Å². The topological polar surface area (TPSA) is 66.3 Å². The van der Waals surface area contributed by atoms with Crippen LogP contribution in [0.15, 0.2) is 27.7 Å². The molecule has 0 unspecified atom stereocenters. The summed E-state index contributed by atoms with van der Waals surface area (Å²) in [7, 11) is 3.41. The number of allylic oxidation sites excluding steroid dienone is 1. The molecule has 0 aliphatic carbocycles. The molecule has 0 radical (unpaired) electrons. The van der Waals surface area contributed by atoms with E-state index in [0.717, 1.165) is 21.3 Å². The minimum atomic E-state index is 0.0731. The van der Waals surface area contributed by atoms with E-state index in [1.54, 1.807) is 24.9 Å². The van der Waals surface area contributed by atoms with Gasteiger partial charge < -0.3 is 9.67 Å². The Bertz CT molecular complexity index is 826. The van der Waals surface area contributed by atoms with E-state index in [0.29, 0.717) is 5.69 Å². The number of imidazole rings is 1. The molecule has 1 aromatic carbocycles. The zero-order valence-corrected chi connectivity index (χ0v) is 12.6. The van der Waals surface area contributed by atoms with Crippen molar-refractivity contribution in [3.05, 3.63) is 39.5 Å². The zero-order valence-electron chi connectivity index (χ0n) is 11.1. The molecule has 0 spiro atoms. The summed E-state index contributed by atoms with van der Waals surface area (Å²) in [6.07, 6.45) is 3.61. The number of rotatable bonds is 1. The Labute approximate surface area is 124 Å². The van der Waals surface area contributed by atoms with Crippen molar-refractivity contribution < 1.29 is 5.11 Å². The number of aromatic nitrogens is 2. The van der Waals surface area contributed by atoms with Gasteiger partial charge in [-0.2, -0.15) is 0 Å². The third-order valence-corrected chi connectivity index (χ3v) is 3.94. The van der Waals surface area contributed by atoms with Gasteiger partial charge in [0.1, 0.15) is 5.69 Å². The van der Waals surface area contributed by atoms with Crippen molar-refractivity contribution in [1.82, 2.24) is 9.13 Å². The van der Waals surface area contributed by atoms with Gasteiger partial charge in [0.25, 0.3) is 0 Å². The molecule has 2 aromatic rings. The Morgan fingerprint density at radius 3 is 2.70 bits per heavy atom. The van der Waals surface area contributed by atoms with Crippen LogP contribution in [-0.2, 0) is 14.1 Å². The van der Waals surface area contributed by atoms with Crippen molar-refractivity contribution in [2.45, 2.75) is 0 Å². The predicted octanol–water partition coefficient (Wildman–Crippen LogP) is 2.57. The highest BCUT2D eigenvalue weighted by atomic mass is 79.9. The number of nitrogens with zero attached hydrogens (tertiary/aromatic N) is 3. The minimum Gasteiger partial charge on any atom is -0.493 e. The van der Waals surface area contributed by atoms with Crippen LogP contribution in [-0.4, -0.2) is 20.5 Å². The SMILES string of the molecule is Cn1c(O)c(/C=C2/C=Nc3cc(Br)ccc32)n(C)c1=N. The van der Waals surface area contributed by atoms with Gasteiger partial charge >= 0.3 is 0 Å². The third kappa shape index (κ3) is 1.84. The van der Waals surface area contributed by atoms with Crippen LogP contribution in [0, 0.1) is 5.41 Å². The van der Waals surface area contributed by atoms with Crippen molar-refractivity contribution >= 4 is 39.5 Å². The van der Waals surface area contributed by atoms with E-state index in [9.17, 15) is 5.11 Å². The lowest BCUT2D eigenvalue weighted by Gasteiger charge is -2.01. The molecule has 2 heterocycles. The molecule has 1 aliphatic rings. The number of benzene rings is 1. The first kappa shape index (κ1) is 12.9. The summed E-state index contributed by atoms with van der Waals surface area (Å²) in [6, 6.07) is 5.90. The highest BCUT2D eigenvalue weighted by Gasteiger charge is 2.16. The van der Waals surface area contributed by atoms with Crippen molar-refractivity contribution in [3.8, 4) is 5.88 Å². The molecule has 0 saturated carbocycles. The number of halogens is 1. The Morgan fingerprint density at radius 1 is 1.30 bits per heavy atom. The normalized spacial score (nSPS) is 15.1. The molecule has 1 aromatic heterocycles. The fourth-order valence-corrected chi connectivity index (χ4v) is 2.60. The van der Waals surface area contributed by atoms with Crippen LogP contribution >= 0.6 is 15.9 Å². The fourth-order valence-electron chi connectivity index (χ4n) is 2.25. The maximum Gasteiger partial charge on any atom is 0.218 e. The van der Waals surface area contributed by atoms with Crippen molar-refractivity contribution in [2.75, 3.05) is 0 Å². The van der Waals surface area contributed by atoms with E-state index in [2.05, 4.69) is 20.9 Å². The number of hydrogen-bond donors (Lipinski definition) is 2. The van der Waals surface area contributed by atoms with Crippen LogP contribution < -0.4 is 5.62 Å². The molecule has 1 aliphatic heterocycles. The first-order chi connectivity index (χ1) is 9.49. The summed E-state index contributed by atoms with van der Waals surface area (Å²) in [5.74, 6) is 0.0731. The molecule has 3 rings (SSSR count). The second-order valence-electron chi connectivity index (χ2n) is 4.67. The van der Waals surface area contributed by atoms with Crippen molar-refractivity contribution in [1.29, 1.82) is 5.41 Å². The van der Waals surface area contributed by atoms with Crippen LogP contribution in [0.1, 0.15) is 11.3 Å². The van der Waals surface area contributed by atoms with Gasteiger partial charge in [0.15, 0.2) is 0 Å². The molecule has 6 heteroatoms. The summed E-state index contributed by atoms with van der Waals surface area (Å²) < 4.78 is 4.05. The summed E-state index contributed by atoms with van der Waals surface area (Å²) in [4.78, 5) is 4.36. The predicted molar refractivity (Wildman–Crippen MR) is 82.1 cm³/mol. The van der Waals surface area contributed by atoms with Crippen LogP contribution in [0.5, 0.6) is 5.88 Å². The third-order valence-electron chi connectivity index (χ3n) is 3.45. The summed E-state index contributed by atoms with van der Waals surface area (Å²) >= 11 is 3.42. The van der Waals surface area contributed by atoms with E-state index in [4.69, 9.17) is 5.41 Å². The first-order valence-electron chi connectivity index (χ1n) is 6.04. The summed E-state index contributed by atoms with van der Waals surface area (Å²) in [6.45, 7) is 0. The number of aliphatic imine (C=N–C) groups is 1. The molecular weight excluding hydrogens is 320 g/mol. The highest BCUT2D eigenvalue weighted by Crippen LogP contribution is 2.35. The molecule has 5 nitrogen and oxygen atoms in total. The molecular formula is C14H13BrN4O. The minimum absolute atomic E-state index is 0.0731. The Kier molecular flexibility index (Phi) is 2.90. The van der Waals surface area contributed by atoms with Gasteiger partial charge in [-0.3, -0.25) is 15.0 Å².